The lowest BCUT2D eigenvalue weighted by molar-refractivity contribution is -0.136. The number of hydrogen-bond acceptors (Lipinski definition) is 5. The fourth-order valence-corrected chi connectivity index (χ4v) is 3.77. The van der Waals surface area contributed by atoms with E-state index in [9.17, 15) is 14.4 Å². The number of para-hydroxylation sites is 1. The van der Waals surface area contributed by atoms with Crippen molar-refractivity contribution in [3.63, 3.8) is 0 Å². The molecule has 0 spiro atoms. The van der Waals surface area contributed by atoms with Crippen LogP contribution in [0.1, 0.15) is 12.6 Å². The van der Waals surface area contributed by atoms with Crippen LogP contribution < -0.4 is 10.5 Å². The number of aromatic amines is 1. The number of amides is 2. The molecule has 0 aliphatic carbocycles. The van der Waals surface area contributed by atoms with Crippen LogP contribution in [0.15, 0.2) is 46.3 Å². The van der Waals surface area contributed by atoms with E-state index in [-0.39, 0.29) is 23.9 Å². The van der Waals surface area contributed by atoms with Crippen molar-refractivity contribution < 1.29 is 9.59 Å². The average Bonchev–Trinajstić information content (AvgIpc) is 2.60. The number of rotatable bonds is 4. The first kappa shape index (κ1) is 18.2. The van der Waals surface area contributed by atoms with Gasteiger partial charge in [-0.1, -0.05) is 30.0 Å². The number of hydrogen-bond donors (Lipinski definition) is 1. The maximum Gasteiger partial charge on any atom is 0.251 e. The Balaban J connectivity index is 1.63. The molecule has 1 N–H and O–H groups in total. The van der Waals surface area contributed by atoms with E-state index in [0.29, 0.717) is 23.9 Å². The summed E-state index contributed by atoms with van der Waals surface area (Å²) >= 11 is 1.19. The minimum atomic E-state index is -0.448. The van der Waals surface area contributed by atoms with Gasteiger partial charge < -0.3 is 14.8 Å². The molecule has 26 heavy (non-hydrogen) atoms. The third-order valence-electron chi connectivity index (χ3n) is 4.08. The highest BCUT2D eigenvalue weighted by atomic mass is 32.2. The molecule has 1 unspecified atom stereocenters. The molecule has 1 aromatic carbocycles. The highest BCUT2D eigenvalue weighted by molar-refractivity contribution is 8.00. The molecule has 1 aliphatic heterocycles. The lowest BCUT2D eigenvalue weighted by Gasteiger charge is -2.35. The van der Waals surface area contributed by atoms with Crippen molar-refractivity contribution in [2.24, 2.45) is 0 Å². The van der Waals surface area contributed by atoms with Gasteiger partial charge in [-0.3, -0.25) is 14.4 Å². The van der Waals surface area contributed by atoms with Gasteiger partial charge in [-0.25, -0.2) is 4.98 Å². The standard InChI is InChI=1S/C18H20N4O3S/c1-12-10-15(23)20-18(19-12)26-13(2)17(25)21-8-9-22(16(24)11-21)14-6-4-3-5-7-14/h3-7,10,13H,8-9,11H2,1-2H3,(H,19,20,23). The Morgan fingerprint density at radius 3 is 2.62 bits per heavy atom. The molecule has 136 valence electrons. The molecular weight excluding hydrogens is 352 g/mol. The molecule has 2 amide bonds. The second kappa shape index (κ2) is 7.74. The predicted octanol–water partition coefficient (Wildman–Crippen LogP) is 1.43. The second-order valence-corrected chi connectivity index (χ2v) is 7.42. The van der Waals surface area contributed by atoms with Crippen LogP contribution in [0.2, 0.25) is 0 Å². The number of piperazine rings is 1. The number of anilines is 1. The van der Waals surface area contributed by atoms with Crippen LogP contribution in [0.25, 0.3) is 0 Å². The van der Waals surface area contributed by atoms with Gasteiger partial charge in [0.1, 0.15) is 6.54 Å². The minimum absolute atomic E-state index is 0.0520. The zero-order chi connectivity index (χ0) is 18.7. The summed E-state index contributed by atoms with van der Waals surface area (Å²) in [4.78, 5) is 46.8. The predicted molar refractivity (Wildman–Crippen MR) is 100 cm³/mol. The van der Waals surface area contributed by atoms with Gasteiger partial charge in [0, 0.05) is 30.5 Å². The molecule has 3 rings (SSSR count). The summed E-state index contributed by atoms with van der Waals surface area (Å²) in [5.74, 6) is -0.240. The number of carbonyl (C=O) groups is 2. The number of thioether (sulfide) groups is 1. The summed E-state index contributed by atoms with van der Waals surface area (Å²) in [7, 11) is 0. The van der Waals surface area contributed by atoms with Crippen LogP contribution in [0.4, 0.5) is 5.69 Å². The molecular formula is C18H20N4O3S. The zero-order valence-corrected chi connectivity index (χ0v) is 15.5. The van der Waals surface area contributed by atoms with Gasteiger partial charge in [0.2, 0.25) is 11.8 Å². The van der Waals surface area contributed by atoms with E-state index in [1.165, 1.54) is 17.8 Å². The van der Waals surface area contributed by atoms with E-state index >= 15 is 0 Å². The third-order valence-corrected chi connectivity index (χ3v) is 5.06. The Hall–Kier alpha value is -2.61. The first-order valence-corrected chi connectivity index (χ1v) is 9.21. The van der Waals surface area contributed by atoms with Crippen LogP contribution in [0, 0.1) is 6.92 Å². The highest BCUT2D eigenvalue weighted by Gasteiger charge is 2.30. The number of aromatic nitrogens is 2. The second-order valence-electron chi connectivity index (χ2n) is 6.09. The molecule has 1 aliphatic rings. The van der Waals surface area contributed by atoms with Crippen LogP contribution in [0.5, 0.6) is 0 Å². The summed E-state index contributed by atoms with van der Waals surface area (Å²) < 4.78 is 0. The average molecular weight is 372 g/mol. The van der Waals surface area contributed by atoms with E-state index in [4.69, 9.17) is 0 Å². The van der Waals surface area contributed by atoms with E-state index in [1.54, 1.807) is 23.6 Å². The van der Waals surface area contributed by atoms with Crippen molar-refractivity contribution in [2.45, 2.75) is 24.3 Å². The lowest BCUT2D eigenvalue weighted by Crippen LogP contribution is -2.54. The smallest absolute Gasteiger partial charge is 0.251 e. The molecule has 0 radical (unpaired) electrons. The quantitative estimate of drug-likeness (QED) is 0.648. The van der Waals surface area contributed by atoms with Crippen LogP contribution in [0.3, 0.4) is 0 Å². The van der Waals surface area contributed by atoms with E-state index in [2.05, 4.69) is 9.97 Å². The number of aryl methyl sites for hydroxylation is 1. The summed E-state index contributed by atoms with van der Waals surface area (Å²) in [6, 6.07) is 10.8. The molecule has 1 atom stereocenters. The van der Waals surface area contributed by atoms with Crippen molar-refractivity contribution in [3.05, 3.63) is 52.4 Å². The Morgan fingerprint density at radius 1 is 1.23 bits per heavy atom. The first-order valence-electron chi connectivity index (χ1n) is 8.33. The minimum Gasteiger partial charge on any atom is -0.331 e. The van der Waals surface area contributed by atoms with Crippen molar-refractivity contribution in [3.8, 4) is 0 Å². The van der Waals surface area contributed by atoms with Gasteiger partial charge in [-0.05, 0) is 26.0 Å². The van der Waals surface area contributed by atoms with Crippen molar-refractivity contribution in [1.82, 2.24) is 14.9 Å². The summed E-state index contributed by atoms with van der Waals surface area (Å²) in [6.07, 6.45) is 0. The molecule has 1 aromatic heterocycles. The zero-order valence-electron chi connectivity index (χ0n) is 14.6. The molecule has 2 aromatic rings. The Morgan fingerprint density at radius 2 is 1.96 bits per heavy atom. The van der Waals surface area contributed by atoms with Crippen molar-refractivity contribution in [2.75, 3.05) is 24.5 Å². The van der Waals surface area contributed by atoms with Gasteiger partial charge in [-0.15, -0.1) is 0 Å². The number of carbonyl (C=O) groups excluding carboxylic acids is 2. The van der Waals surface area contributed by atoms with Crippen LogP contribution >= 0.6 is 11.8 Å². The summed E-state index contributed by atoms with van der Waals surface area (Å²) in [6.45, 7) is 4.47. The number of H-pyrrole nitrogens is 1. The molecule has 1 saturated heterocycles. The largest absolute Gasteiger partial charge is 0.331 e. The Kier molecular flexibility index (Phi) is 5.41. The monoisotopic (exact) mass is 372 g/mol. The lowest BCUT2D eigenvalue weighted by atomic mass is 10.2. The fraction of sp³-hybridized carbons (Fsp3) is 0.333. The number of nitrogens with zero attached hydrogens (tertiary/aromatic N) is 3. The molecule has 7 nitrogen and oxygen atoms in total. The topological polar surface area (TPSA) is 86.4 Å². The third kappa shape index (κ3) is 4.13. The maximum absolute atomic E-state index is 12.7. The highest BCUT2D eigenvalue weighted by Crippen LogP contribution is 2.22. The van der Waals surface area contributed by atoms with Crippen LogP contribution in [-0.2, 0) is 9.59 Å². The van der Waals surface area contributed by atoms with Crippen molar-refractivity contribution >= 4 is 29.3 Å². The van der Waals surface area contributed by atoms with Crippen molar-refractivity contribution in [1.29, 1.82) is 0 Å². The van der Waals surface area contributed by atoms with Crippen LogP contribution in [-0.4, -0.2) is 51.6 Å². The van der Waals surface area contributed by atoms with Gasteiger partial charge in [0.15, 0.2) is 5.16 Å². The number of nitrogens with one attached hydrogen (secondary N) is 1. The molecule has 2 heterocycles. The van der Waals surface area contributed by atoms with Gasteiger partial charge in [-0.2, -0.15) is 0 Å². The molecule has 8 heteroatoms. The maximum atomic E-state index is 12.7. The fourth-order valence-electron chi connectivity index (χ4n) is 2.82. The van der Waals surface area contributed by atoms with E-state index in [1.807, 2.05) is 30.3 Å². The summed E-state index contributed by atoms with van der Waals surface area (Å²) in [5, 5.41) is -0.0406. The van der Waals surface area contributed by atoms with Gasteiger partial charge >= 0.3 is 0 Å². The Bertz CT molecular complexity index is 868. The number of benzene rings is 1. The Labute approximate surface area is 155 Å². The molecule has 0 bridgehead atoms. The molecule has 1 fully saturated rings. The summed E-state index contributed by atoms with van der Waals surface area (Å²) in [5.41, 5.74) is 1.20. The van der Waals surface area contributed by atoms with E-state index < -0.39 is 5.25 Å². The van der Waals surface area contributed by atoms with E-state index in [0.717, 1.165) is 5.69 Å². The van der Waals surface area contributed by atoms with Gasteiger partial charge in [0.25, 0.3) is 5.56 Å². The first-order chi connectivity index (χ1) is 12.4. The van der Waals surface area contributed by atoms with Gasteiger partial charge in [0.05, 0.1) is 5.25 Å². The SMILES string of the molecule is Cc1cc(=O)[nH]c(SC(C)C(=O)N2CCN(c3ccccc3)C(=O)C2)n1. The normalized spacial score (nSPS) is 15.8. The molecule has 0 saturated carbocycles.